The molecule has 1 aromatic carbocycles. The van der Waals surface area contributed by atoms with Gasteiger partial charge >= 0.3 is 5.97 Å². The van der Waals surface area contributed by atoms with Gasteiger partial charge in [-0.25, -0.2) is 4.79 Å². The number of hydrogen-bond donors (Lipinski definition) is 1. The maximum atomic E-state index is 12.2. The summed E-state index contributed by atoms with van der Waals surface area (Å²) >= 11 is 5.87. The molecule has 0 saturated heterocycles. The third-order valence-corrected chi connectivity index (χ3v) is 3.29. The van der Waals surface area contributed by atoms with Gasteiger partial charge in [-0.05, 0) is 37.3 Å². The molecule has 1 amide bonds. The minimum Gasteiger partial charge on any atom is -0.496 e. The van der Waals surface area contributed by atoms with E-state index in [2.05, 4.69) is 5.32 Å². The Hall–Kier alpha value is -2.47. The number of nitrogens with one attached hydrogen (secondary N) is 1. The number of ether oxygens (including phenoxy) is 2. The highest BCUT2D eigenvalue weighted by Crippen LogP contribution is 2.23. The molecule has 6 nitrogen and oxygen atoms in total. The van der Waals surface area contributed by atoms with E-state index in [4.69, 9.17) is 25.5 Å². The summed E-state index contributed by atoms with van der Waals surface area (Å²) < 4.78 is 15.3. The molecule has 122 valence electrons. The highest BCUT2D eigenvalue weighted by atomic mass is 35.5. The Kier molecular flexibility index (Phi) is 5.65. The lowest BCUT2D eigenvalue weighted by molar-refractivity contribution is -0.129. The zero-order chi connectivity index (χ0) is 16.8. The molecule has 0 radical (unpaired) electrons. The number of esters is 1. The van der Waals surface area contributed by atoms with Crippen molar-refractivity contribution in [1.82, 2.24) is 5.32 Å². The molecule has 0 saturated carbocycles. The number of methoxy groups -OCH3 is 1. The first-order valence-electron chi connectivity index (χ1n) is 6.86. The lowest BCUT2D eigenvalue weighted by Gasteiger charge is -2.14. The molecule has 0 spiro atoms. The maximum absolute atomic E-state index is 12.2. The van der Waals surface area contributed by atoms with Gasteiger partial charge < -0.3 is 19.2 Å². The van der Waals surface area contributed by atoms with E-state index in [0.717, 1.165) is 0 Å². The normalized spacial score (nSPS) is 11.6. The smallest absolute Gasteiger partial charge is 0.342 e. The minimum atomic E-state index is -0.971. The summed E-state index contributed by atoms with van der Waals surface area (Å²) in [6.45, 7) is 1.70. The Balaban J connectivity index is 1.96. The van der Waals surface area contributed by atoms with Crippen molar-refractivity contribution in [2.45, 2.75) is 19.6 Å². The topological polar surface area (TPSA) is 77.8 Å². The second kappa shape index (κ2) is 7.69. The molecular weight excluding hydrogens is 322 g/mol. The van der Waals surface area contributed by atoms with Crippen molar-refractivity contribution < 1.29 is 23.5 Å². The number of rotatable bonds is 6. The minimum absolute atomic E-state index is 0.158. The van der Waals surface area contributed by atoms with Crippen molar-refractivity contribution in [3.63, 3.8) is 0 Å². The van der Waals surface area contributed by atoms with Crippen molar-refractivity contribution in [2.24, 2.45) is 0 Å². The van der Waals surface area contributed by atoms with Crippen LogP contribution in [-0.4, -0.2) is 25.1 Å². The SMILES string of the molecule is COc1ccc(Cl)cc1C(=O)O[C@@H](C)C(=O)NCc1ccco1. The van der Waals surface area contributed by atoms with E-state index >= 15 is 0 Å². The Morgan fingerprint density at radius 3 is 2.78 bits per heavy atom. The zero-order valence-electron chi connectivity index (χ0n) is 12.7. The van der Waals surface area contributed by atoms with Crippen LogP contribution >= 0.6 is 11.6 Å². The van der Waals surface area contributed by atoms with Crippen LogP contribution in [0.25, 0.3) is 0 Å². The lowest BCUT2D eigenvalue weighted by Crippen LogP contribution is -2.35. The Bertz CT molecular complexity index is 684. The quantitative estimate of drug-likeness (QED) is 0.820. The van der Waals surface area contributed by atoms with Crippen LogP contribution in [0.1, 0.15) is 23.0 Å². The van der Waals surface area contributed by atoms with Gasteiger partial charge in [0.2, 0.25) is 0 Å². The molecule has 0 bridgehead atoms. The first-order valence-corrected chi connectivity index (χ1v) is 7.23. The fourth-order valence-electron chi connectivity index (χ4n) is 1.85. The molecule has 0 aliphatic rings. The second-order valence-corrected chi connectivity index (χ2v) is 5.13. The summed E-state index contributed by atoms with van der Waals surface area (Å²) in [5.74, 6) is -0.197. The number of carbonyl (C=O) groups is 2. The van der Waals surface area contributed by atoms with E-state index in [1.165, 1.54) is 26.4 Å². The summed E-state index contributed by atoms with van der Waals surface area (Å²) in [5.41, 5.74) is 0.158. The van der Waals surface area contributed by atoms with Crippen molar-refractivity contribution in [1.29, 1.82) is 0 Å². The zero-order valence-corrected chi connectivity index (χ0v) is 13.4. The van der Waals surface area contributed by atoms with Gasteiger partial charge in [-0.1, -0.05) is 11.6 Å². The number of hydrogen-bond acceptors (Lipinski definition) is 5. The lowest BCUT2D eigenvalue weighted by atomic mass is 10.2. The van der Waals surface area contributed by atoms with E-state index < -0.39 is 18.0 Å². The fraction of sp³-hybridized carbons (Fsp3) is 0.250. The van der Waals surface area contributed by atoms with Gasteiger partial charge in [0.15, 0.2) is 6.10 Å². The third-order valence-electron chi connectivity index (χ3n) is 3.05. The average molecular weight is 338 g/mol. The maximum Gasteiger partial charge on any atom is 0.342 e. The van der Waals surface area contributed by atoms with Crippen LogP contribution in [0.4, 0.5) is 0 Å². The van der Waals surface area contributed by atoms with Gasteiger partial charge in [-0.15, -0.1) is 0 Å². The fourth-order valence-corrected chi connectivity index (χ4v) is 2.02. The van der Waals surface area contributed by atoms with Crippen LogP contribution in [-0.2, 0) is 16.1 Å². The van der Waals surface area contributed by atoms with Crippen LogP contribution < -0.4 is 10.1 Å². The van der Waals surface area contributed by atoms with E-state index in [9.17, 15) is 9.59 Å². The number of amides is 1. The Morgan fingerprint density at radius 2 is 2.13 bits per heavy atom. The number of carbonyl (C=O) groups excluding carboxylic acids is 2. The molecule has 1 heterocycles. The summed E-state index contributed by atoms with van der Waals surface area (Å²) in [4.78, 5) is 24.1. The predicted molar refractivity (Wildman–Crippen MR) is 83.4 cm³/mol. The molecule has 0 aliphatic heterocycles. The average Bonchev–Trinajstić information content (AvgIpc) is 3.05. The molecular formula is C16H16ClNO5. The van der Waals surface area contributed by atoms with Gasteiger partial charge in [0.25, 0.3) is 5.91 Å². The standard InChI is InChI=1S/C16H16ClNO5/c1-10(15(19)18-9-12-4-3-7-22-12)23-16(20)13-8-11(17)5-6-14(13)21-2/h3-8,10H,9H2,1-2H3,(H,18,19)/t10-/m0/s1. The van der Waals surface area contributed by atoms with Crippen molar-refractivity contribution in [3.05, 3.63) is 52.9 Å². The molecule has 0 fully saturated rings. The van der Waals surface area contributed by atoms with Crippen LogP contribution in [0.5, 0.6) is 5.75 Å². The monoisotopic (exact) mass is 337 g/mol. The summed E-state index contributed by atoms with van der Waals surface area (Å²) in [5, 5.41) is 2.98. The molecule has 1 N–H and O–H groups in total. The summed E-state index contributed by atoms with van der Waals surface area (Å²) in [6, 6.07) is 8.03. The van der Waals surface area contributed by atoms with E-state index in [-0.39, 0.29) is 12.1 Å². The van der Waals surface area contributed by atoms with E-state index in [0.29, 0.717) is 16.5 Å². The third kappa shape index (κ3) is 4.50. The Morgan fingerprint density at radius 1 is 1.35 bits per heavy atom. The van der Waals surface area contributed by atoms with Gasteiger partial charge in [0, 0.05) is 5.02 Å². The van der Waals surface area contributed by atoms with Gasteiger partial charge in [0.1, 0.15) is 17.1 Å². The molecule has 2 rings (SSSR count). The number of halogens is 1. The predicted octanol–water partition coefficient (Wildman–Crippen LogP) is 2.80. The first-order chi connectivity index (χ1) is 11.0. The van der Waals surface area contributed by atoms with Crippen molar-refractivity contribution in [3.8, 4) is 5.75 Å². The van der Waals surface area contributed by atoms with E-state index in [1.54, 1.807) is 24.3 Å². The van der Waals surface area contributed by atoms with Crippen molar-refractivity contribution >= 4 is 23.5 Å². The summed E-state index contributed by atoms with van der Waals surface area (Å²) in [7, 11) is 1.43. The highest BCUT2D eigenvalue weighted by Gasteiger charge is 2.21. The highest BCUT2D eigenvalue weighted by molar-refractivity contribution is 6.31. The largest absolute Gasteiger partial charge is 0.496 e. The first kappa shape index (κ1) is 16.9. The second-order valence-electron chi connectivity index (χ2n) is 4.69. The molecule has 23 heavy (non-hydrogen) atoms. The Labute approximate surface area is 138 Å². The molecule has 1 aromatic heterocycles. The molecule has 0 unspecified atom stereocenters. The van der Waals surface area contributed by atoms with Crippen LogP contribution in [0.3, 0.4) is 0 Å². The van der Waals surface area contributed by atoms with Gasteiger partial charge in [-0.3, -0.25) is 4.79 Å². The molecule has 2 aromatic rings. The molecule has 7 heteroatoms. The van der Waals surface area contributed by atoms with Crippen molar-refractivity contribution in [2.75, 3.05) is 7.11 Å². The molecule has 0 aliphatic carbocycles. The molecule has 1 atom stereocenters. The number of benzene rings is 1. The summed E-state index contributed by atoms with van der Waals surface area (Å²) in [6.07, 6.45) is 0.539. The van der Waals surface area contributed by atoms with Crippen LogP contribution in [0, 0.1) is 0 Å². The van der Waals surface area contributed by atoms with Crippen LogP contribution in [0.2, 0.25) is 5.02 Å². The van der Waals surface area contributed by atoms with Crippen LogP contribution in [0.15, 0.2) is 41.0 Å². The van der Waals surface area contributed by atoms with Gasteiger partial charge in [0.05, 0.1) is 19.9 Å². The van der Waals surface area contributed by atoms with E-state index in [1.807, 2.05) is 0 Å². The van der Waals surface area contributed by atoms with Gasteiger partial charge in [-0.2, -0.15) is 0 Å². The number of furan rings is 1.